The maximum Gasteiger partial charge on any atom is 3.00 e. The molecule has 7 radical (unpaired) electrons. The minimum Gasteiger partial charge on any atom is -0.622 e. The fourth-order valence-corrected chi connectivity index (χ4v) is 1.36. The van der Waals surface area contributed by atoms with Crippen molar-refractivity contribution in [3.05, 3.63) is 90.7 Å². The molecule has 16 heteroatoms. The fourth-order valence-electron chi connectivity index (χ4n) is 1.36. The second-order valence-corrected chi connectivity index (χ2v) is 5.89. The van der Waals surface area contributed by atoms with Crippen molar-refractivity contribution in [1.82, 2.24) is 0 Å². The summed E-state index contributed by atoms with van der Waals surface area (Å²) >= 11 is 0. The van der Waals surface area contributed by atoms with Gasteiger partial charge in [-0.25, -0.2) is 14.4 Å². The van der Waals surface area contributed by atoms with Crippen LogP contribution in [0.1, 0.15) is 20.8 Å². The van der Waals surface area contributed by atoms with Gasteiger partial charge in [-0.15, -0.1) is 19.7 Å². The first kappa shape index (κ1) is 54.0. The predicted octanol–water partition coefficient (Wildman–Crippen LogP) is 2.25. The minimum absolute atomic E-state index is 0. The van der Waals surface area contributed by atoms with Crippen molar-refractivity contribution in [3.63, 3.8) is 0 Å². The number of carbonyl (C=O) groups is 6. The molecule has 233 valence electrons. The van der Waals surface area contributed by atoms with Crippen LogP contribution < -0.4 is 0 Å². The normalized spacial score (nSPS) is 7.33. The number of ether oxygens (including phenoxy) is 3. The van der Waals surface area contributed by atoms with Crippen LogP contribution in [-0.4, -0.2) is 75.8 Å². The standard InChI is InChI=1S/3C8H11NO3.3CO.Fe/c3*1-4-5-12-8(11)6(2)9-7(3)10;3*1-2;/h3*4H,1-2,5H2,3H3,(H,9,10);;;;/q;;;;;;+3/p-3. The molecule has 0 spiro atoms. The molecular formula is C27H30FeN3O12. The van der Waals surface area contributed by atoms with Crippen molar-refractivity contribution in [3.8, 4) is 0 Å². The summed E-state index contributed by atoms with van der Waals surface area (Å²) in [5.74, 6) is -3.54. The van der Waals surface area contributed by atoms with E-state index in [0.717, 1.165) is 0 Å². The Hall–Kier alpha value is -5.21. The molecule has 0 aliphatic rings. The second-order valence-electron chi connectivity index (χ2n) is 5.89. The minimum atomic E-state index is -0.704. The zero-order valence-corrected chi connectivity index (χ0v) is 24.8. The third kappa shape index (κ3) is 47.0. The molecule has 0 heterocycles. The van der Waals surface area contributed by atoms with E-state index in [1.807, 2.05) is 0 Å². The van der Waals surface area contributed by atoms with E-state index >= 15 is 0 Å². The van der Waals surface area contributed by atoms with Gasteiger partial charge < -0.3 is 44.5 Å². The Morgan fingerprint density at radius 3 is 0.791 bits per heavy atom. The van der Waals surface area contributed by atoms with Crippen LogP contribution in [-0.2, 0) is 74.4 Å². The van der Waals surface area contributed by atoms with Crippen molar-refractivity contribution >= 4 is 56.0 Å². The van der Waals surface area contributed by atoms with Crippen LogP contribution in [0.25, 0.3) is 16.0 Å². The molecule has 0 saturated carbocycles. The van der Waals surface area contributed by atoms with Crippen LogP contribution >= 0.6 is 0 Å². The van der Waals surface area contributed by atoms with Gasteiger partial charge in [0, 0.05) is 0 Å². The van der Waals surface area contributed by atoms with Crippen molar-refractivity contribution in [1.29, 1.82) is 0 Å². The number of carbonyl (C=O) groups excluding carboxylic acids is 9. The van der Waals surface area contributed by atoms with Gasteiger partial charge in [0.25, 0.3) is 20.4 Å². The van der Waals surface area contributed by atoms with E-state index in [9.17, 15) is 28.8 Å². The van der Waals surface area contributed by atoms with Gasteiger partial charge >= 0.3 is 35.0 Å². The Morgan fingerprint density at radius 2 is 0.674 bits per heavy atom. The summed E-state index contributed by atoms with van der Waals surface area (Å²) in [6.45, 7) is 37.2. The number of hydrogen-bond acceptors (Lipinski definition) is 12. The molecule has 0 bridgehead atoms. The molecule has 15 nitrogen and oxygen atoms in total. The Morgan fingerprint density at radius 1 is 0.512 bits per heavy atom. The van der Waals surface area contributed by atoms with E-state index in [-0.39, 0.29) is 54.0 Å². The first-order chi connectivity index (χ1) is 19.7. The smallest absolute Gasteiger partial charge is 0.622 e. The third-order valence-electron chi connectivity index (χ3n) is 2.58. The summed E-state index contributed by atoms with van der Waals surface area (Å²) in [6, 6.07) is 0. The average Bonchev–Trinajstić information content (AvgIpc) is 2.96. The maximum atomic E-state index is 10.8. The predicted molar refractivity (Wildman–Crippen MR) is 150 cm³/mol. The van der Waals surface area contributed by atoms with E-state index in [1.165, 1.54) is 39.0 Å². The van der Waals surface area contributed by atoms with E-state index in [2.05, 4.69) is 90.0 Å². The maximum absolute atomic E-state index is 10.8. The zero-order chi connectivity index (χ0) is 34.7. The van der Waals surface area contributed by atoms with Gasteiger partial charge in [-0.3, -0.25) is 14.4 Å². The molecule has 0 N–H and O–H groups in total. The van der Waals surface area contributed by atoms with E-state index in [4.69, 9.17) is 14.4 Å². The Bertz CT molecular complexity index is 831. The van der Waals surface area contributed by atoms with Gasteiger partial charge in [0.2, 0.25) is 0 Å². The van der Waals surface area contributed by atoms with Gasteiger partial charge in [-0.1, -0.05) is 55.1 Å². The Kier molecular flexibility index (Phi) is 51.8. The van der Waals surface area contributed by atoms with Gasteiger partial charge in [0.05, 0.1) is 17.7 Å². The second kappa shape index (κ2) is 41.3. The van der Waals surface area contributed by atoms with E-state index in [1.54, 1.807) is 0 Å². The first-order valence-corrected chi connectivity index (χ1v) is 10.4. The topological polar surface area (TPSA) is 224 Å². The van der Waals surface area contributed by atoms with E-state index < -0.39 is 35.6 Å². The van der Waals surface area contributed by atoms with Crippen LogP contribution in [0.15, 0.2) is 74.8 Å². The van der Waals surface area contributed by atoms with Crippen LogP contribution in [0.3, 0.4) is 0 Å². The quantitative estimate of drug-likeness (QED) is 0.0981. The Labute approximate surface area is 261 Å². The first-order valence-electron chi connectivity index (χ1n) is 10.4. The number of nitrogens with zero attached hydrogens (tertiary/aromatic N) is 3. The molecule has 0 atom stereocenters. The fraction of sp³-hybridized carbons (Fsp3) is 0.222. The van der Waals surface area contributed by atoms with Crippen LogP contribution in [0.2, 0.25) is 0 Å². The molecule has 0 fully saturated rings. The SMILES string of the molecule is C=CCOC(=O)C(=C)[N-]C(C)=O.C=CCOC(=O)C(=C)[N-]C(C)=O.C=CCOC(=O)C(=C)[N-]C(C)=O.[C]=O.[C]=O.[C]=O.[Fe+3]. The molecule has 0 saturated heterocycles. The number of amides is 3. The Balaban J connectivity index is -0.0000000819. The van der Waals surface area contributed by atoms with Gasteiger partial charge in [0.15, 0.2) is 0 Å². The van der Waals surface area contributed by atoms with Crippen molar-refractivity contribution in [2.24, 2.45) is 0 Å². The monoisotopic (exact) mass is 644 g/mol. The van der Waals surface area contributed by atoms with Crippen molar-refractivity contribution in [2.45, 2.75) is 20.8 Å². The van der Waals surface area contributed by atoms with Crippen LogP contribution in [0, 0.1) is 0 Å². The molecule has 0 aliphatic heterocycles. The molecule has 0 unspecified atom stereocenters. The number of rotatable bonds is 12. The summed E-state index contributed by atoms with van der Waals surface area (Å²) in [7, 11) is 0. The van der Waals surface area contributed by atoms with Crippen molar-refractivity contribution in [2.75, 3.05) is 19.8 Å². The molecule has 0 aromatic rings. The molecule has 0 rings (SSSR count). The van der Waals surface area contributed by atoms with E-state index in [0.29, 0.717) is 0 Å². The summed E-state index contributed by atoms with van der Waals surface area (Å²) in [5.41, 5.74) is -0.571. The third-order valence-corrected chi connectivity index (χ3v) is 2.58. The molecule has 0 aromatic carbocycles. The molecule has 0 aliphatic carbocycles. The zero-order valence-electron chi connectivity index (χ0n) is 23.7. The van der Waals surface area contributed by atoms with Gasteiger partial charge in [-0.05, 0) is 20.8 Å². The molecule has 0 aromatic heterocycles. The summed E-state index contributed by atoms with van der Waals surface area (Å²) in [5, 5.41) is 9.86. The summed E-state index contributed by atoms with van der Waals surface area (Å²) < 4.78 is 13.7. The number of hydrogen-bond donors (Lipinski definition) is 0. The van der Waals surface area contributed by atoms with Gasteiger partial charge in [-0.2, -0.15) is 0 Å². The average molecular weight is 644 g/mol. The summed E-state index contributed by atoms with van der Waals surface area (Å²) in [4.78, 5) is 86.1. The van der Waals surface area contributed by atoms with Crippen LogP contribution in [0.4, 0.5) is 0 Å². The van der Waals surface area contributed by atoms with Crippen molar-refractivity contribution < 1.29 is 74.4 Å². The molecule has 3 amide bonds. The molecule has 43 heavy (non-hydrogen) atoms. The number of esters is 3. The van der Waals surface area contributed by atoms with Crippen LogP contribution in [0.5, 0.6) is 0 Å². The summed E-state index contributed by atoms with van der Waals surface area (Å²) in [6.07, 6.45) is 4.25. The largest absolute Gasteiger partial charge is 3.00 e. The molecular weight excluding hydrogens is 614 g/mol. The van der Waals surface area contributed by atoms with Gasteiger partial charge in [0.1, 0.15) is 19.8 Å².